The van der Waals surface area contributed by atoms with Crippen LogP contribution in [0.5, 0.6) is 0 Å². The molecule has 2 heterocycles. The second-order valence-electron chi connectivity index (χ2n) is 8.73. The molecule has 1 fully saturated rings. The van der Waals surface area contributed by atoms with Crippen LogP contribution in [-0.4, -0.2) is 20.8 Å². The Labute approximate surface area is 209 Å². The molecule has 0 spiro atoms. The predicted octanol–water partition coefficient (Wildman–Crippen LogP) is 5.60. The van der Waals surface area contributed by atoms with Crippen molar-refractivity contribution in [3.05, 3.63) is 148 Å². The molecule has 0 aliphatic carbocycles. The van der Waals surface area contributed by atoms with Crippen LogP contribution in [0.1, 0.15) is 33.0 Å². The number of benzene rings is 4. The molecule has 0 bridgehead atoms. The van der Waals surface area contributed by atoms with Crippen LogP contribution in [0.15, 0.2) is 131 Å². The summed E-state index contributed by atoms with van der Waals surface area (Å²) in [5, 5.41) is 0. The maximum absolute atomic E-state index is 14.1. The van der Waals surface area contributed by atoms with Gasteiger partial charge in [-0.2, -0.15) is 0 Å². The molecule has 1 saturated heterocycles. The number of carbonyl (C=O) groups excluding carboxylic acids is 1. The maximum Gasteiger partial charge on any atom is 0.264 e. The van der Waals surface area contributed by atoms with Gasteiger partial charge in [0.2, 0.25) is 9.84 Å². The molecule has 6 rings (SSSR count). The zero-order chi connectivity index (χ0) is 24.8. The Morgan fingerprint density at radius 2 is 1.22 bits per heavy atom. The van der Waals surface area contributed by atoms with Gasteiger partial charge >= 0.3 is 0 Å². The van der Waals surface area contributed by atoms with Crippen molar-refractivity contribution >= 4 is 15.6 Å². The number of Topliss-reactive ketones (excluding diaryl/α,β-unsaturated/α-hetero) is 1. The Balaban J connectivity index is 1.60. The number of fused-ring (bicyclic) bond motifs is 1. The topological polar surface area (TPSA) is 69.7 Å². The molecule has 1 atom stereocenters. The molecule has 4 aromatic carbocycles. The lowest BCUT2D eigenvalue weighted by atomic mass is 9.89. The molecule has 6 heteroatoms. The first-order valence-corrected chi connectivity index (χ1v) is 13.1. The second kappa shape index (κ2) is 8.59. The fourth-order valence-corrected chi connectivity index (χ4v) is 6.91. The lowest BCUT2D eigenvalue weighted by Crippen LogP contribution is -2.31. The van der Waals surface area contributed by atoms with E-state index in [1.807, 2.05) is 66.7 Å². The minimum absolute atomic E-state index is 0.00907. The summed E-state index contributed by atoms with van der Waals surface area (Å²) in [5.74, 6) is -2.53. The summed E-state index contributed by atoms with van der Waals surface area (Å²) in [7, 11) is -4.06. The van der Waals surface area contributed by atoms with Crippen LogP contribution < -0.4 is 0 Å². The van der Waals surface area contributed by atoms with Crippen LogP contribution >= 0.6 is 0 Å². The highest BCUT2D eigenvalue weighted by atomic mass is 32.2. The van der Waals surface area contributed by atoms with Gasteiger partial charge in [0.15, 0.2) is 5.78 Å². The molecule has 178 valence electrons. The molecular formula is C30H22O5S. The molecule has 0 saturated carbocycles. The molecule has 5 nitrogen and oxygen atoms in total. The van der Waals surface area contributed by atoms with E-state index in [1.165, 1.54) is 6.07 Å². The summed E-state index contributed by atoms with van der Waals surface area (Å²) in [6.07, 6.45) is 0. The first-order valence-electron chi connectivity index (χ1n) is 11.6. The zero-order valence-electron chi connectivity index (χ0n) is 19.2. The monoisotopic (exact) mass is 494 g/mol. The Morgan fingerprint density at radius 3 is 1.83 bits per heavy atom. The minimum Gasteiger partial charge on any atom is -0.454 e. The van der Waals surface area contributed by atoms with Crippen molar-refractivity contribution in [1.82, 2.24) is 0 Å². The molecule has 0 N–H and O–H groups in total. The third-order valence-corrected chi connectivity index (χ3v) is 8.62. The third kappa shape index (κ3) is 3.41. The molecule has 36 heavy (non-hydrogen) atoms. The van der Waals surface area contributed by atoms with E-state index in [2.05, 4.69) is 0 Å². The van der Waals surface area contributed by atoms with Crippen molar-refractivity contribution in [2.24, 2.45) is 0 Å². The van der Waals surface area contributed by atoms with Crippen molar-refractivity contribution in [1.29, 1.82) is 0 Å². The fraction of sp³-hybridized carbons (Fsp3) is 0.100. The Morgan fingerprint density at radius 1 is 0.694 bits per heavy atom. The van der Waals surface area contributed by atoms with Gasteiger partial charge in [-0.3, -0.25) is 4.79 Å². The highest BCUT2D eigenvalue weighted by Gasteiger charge is 2.50. The van der Waals surface area contributed by atoms with Crippen LogP contribution in [0, 0.1) is 0 Å². The molecule has 4 aromatic rings. The quantitative estimate of drug-likeness (QED) is 0.371. The summed E-state index contributed by atoms with van der Waals surface area (Å²) >= 11 is 0. The van der Waals surface area contributed by atoms with Gasteiger partial charge in [0, 0.05) is 16.7 Å². The Bertz CT molecular complexity index is 1540. The SMILES string of the molecule is O=C1c2ccccc2S(=O)(=O)C(=C2COC(c3ccccc3)(c3ccccc3)O2)C1c1ccccc1. The van der Waals surface area contributed by atoms with Gasteiger partial charge in [-0.25, -0.2) is 8.42 Å². The normalized spacial score (nSPS) is 22.0. The van der Waals surface area contributed by atoms with Gasteiger partial charge in [-0.15, -0.1) is 0 Å². The highest BCUT2D eigenvalue weighted by molar-refractivity contribution is 7.95. The molecule has 0 amide bonds. The lowest BCUT2D eigenvalue weighted by Gasteiger charge is -2.30. The first kappa shape index (κ1) is 22.5. The summed E-state index contributed by atoms with van der Waals surface area (Å²) in [6.45, 7) is -0.100. The molecule has 2 aliphatic rings. The zero-order valence-corrected chi connectivity index (χ0v) is 20.0. The van der Waals surface area contributed by atoms with Crippen molar-refractivity contribution in [3.63, 3.8) is 0 Å². The average Bonchev–Trinajstić information content (AvgIpc) is 3.38. The van der Waals surface area contributed by atoms with Crippen LogP contribution in [-0.2, 0) is 25.1 Å². The van der Waals surface area contributed by atoms with E-state index in [9.17, 15) is 13.2 Å². The standard InChI is InChI=1S/C30H22O5S/c31-28-24-18-10-11-19-26(24)36(32,33)29(27(28)21-12-4-1-5-13-21)25-20-34-30(35-25,22-14-6-2-7-15-22)23-16-8-3-9-17-23/h1-19,27H,20H2. The molecule has 0 aromatic heterocycles. The number of ketones is 1. The number of hydrogen-bond acceptors (Lipinski definition) is 5. The number of carbonyl (C=O) groups is 1. The van der Waals surface area contributed by atoms with Crippen molar-refractivity contribution in [2.75, 3.05) is 6.61 Å². The Kier molecular flexibility index (Phi) is 5.36. The van der Waals surface area contributed by atoms with Gasteiger partial charge in [-0.1, -0.05) is 109 Å². The lowest BCUT2D eigenvalue weighted by molar-refractivity contribution is -0.121. The van der Waals surface area contributed by atoms with Crippen molar-refractivity contribution < 1.29 is 22.7 Å². The van der Waals surface area contributed by atoms with E-state index in [-0.39, 0.29) is 33.5 Å². The van der Waals surface area contributed by atoms with Gasteiger partial charge < -0.3 is 9.47 Å². The van der Waals surface area contributed by atoms with E-state index < -0.39 is 21.5 Å². The maximum atomic E-state index is 14.1. The van der Waals surface area contributed by atoms with E-state index in [0.717, 1.165) is 11.1 Å². The van der Waals surface area contributed by atoms with Crippen molar-refractivity contribution in [2.45, 2.75) is 16.6 Å². The number of hydrogen-bond donors (Lipinski definition) is 0. The summed E-state index contributed by atoms with van der Waals surface area (Å²) in [4.78, 5) is 13.7. The molecule has 0 radical (unpaired) electrons. The smallest absolute Gasteiger partial charge is 0.264 e. The summed E-state index contributed by atoms with van der Waals surface area (Å²) < 4.78 is 41.0. The average molecular weight is 495 g/mol. The van der Waals surface area contributed by atoms with Gasteiger partial charge in [0.05, 0.1) is 10.8 Å². The number of ether oxygens (including phenoxy) is 2. The molecule has 1 unspecified atom stereocenters. The van der Waals surface area contributed by atoms with Crippen LogP contribution in [0.4, 0.5) is 0 Å². The van der Waals surface area contributed by atoms with Crippen LogP contribution in [0.3, 0.4) is 0 Å². The number of rotatable bonds is 3. The van der Waals surface area contributed by atoms with Crippen molar-refractivity contribution in [3.8, 4) is 0 Å². The van der Waals surface area contributed by atoms with E-state index in [0.29, 0.717) is 5.56 Å². The third-order valence-electron chi connectivity index (χ3n) is 6.64. The van der Waals surface area contributed by atoms with Crippen LogP contribution in [0.25, 0.3) is 0 Å². The van der Waals surface area contributed by atoms with Gasteiger partial charge in [-0.05, 0) is 11.6 Å². The van der Waals surface area contributed by atoms with E-state index in [1.54, 1.807) is 42.5 Å². The Hall–Kier alpha value is -4.00. The largest absolute Gasteiger partial charge is 0.454 e. The van der Waals surface area contributed by atoms with E-state index in [4.69, 9.17) is 9.47 Å². The molecular weight excluding hydrogens is 472 g/mol. The summed E-state index contributed by atoms with van der Waals surface area (Å²) in [5.41, 5.74) is 2.22. The minimum atomic E-state index is -4.06. The second-order valence-corrected chi connectivity index (χ2v) is 10.6. The number of allylic oxidation sites excluding steroid dienone is 1. The highest BCUT2D eigenvalue weighted by Crippen LogP contribution is 2.49. The van der Waals surface area contributed by atoms with Gasteiger partial charge in [0.25, 0.3) is 5.79 Å². The summed E-state index contributed by atoms with van der Waals surface area (Å²) in [6, 6.07) is 34.1. The fourth-order valence-electron chi connectivity index (χ4n) is 5.00. The predicted molar refractivity (Wildman–Crippen MR) is 135 cm³/mol. The van der Waals surface area contributed by atoms with E-state index >= 15 is 0 Å². The number of sulfone groups is 1. The first-order chi connectivity index (χ1) is 17.5. The molecule has 2 aliphatic heterocycles. The van der Waals surface area contributed by atoms with Crippen LogP contribution in [0.2, 0.25) is 0 Å². The van der Waals surface area contributed by atoms with Gasteiger partial charge in [0.1, 0.15) is 17.3 Å².